The van der Waals surface area contributed by atoms with E-state index in [0.717, 1.165) is 28.0 Å². The van der Waals surface area contributed by atoms with Crippen molar-refractivity contribution < 1.29 is 13.9 Å². The molecule has 5 aromatic rings. The molecule has 8 heteroatoms. The first-order chi connectivity index (χ1) is 18.6. The molecule has 38 heavy (non-hydrogen) atoms. The van der Waals surface area contributed by atoms with Gasteiger partial charge in [-0.05, 0) is 53.6 Å². The fourth-order valence-corrected chi connectivity index (χ4v) is 4.31. The number of benzene rings is 3. The molecule has 0 bridgehead atoms. The number of nitriles is 1. The third-order valence-corrected chi connectivity index (χ3v) is 6.30. The molecule has 0 spiro atoms. The molecule has 3 aromatic carbocycles. The minimum Gasteiger partial charge on any atom is -0.489 e. The molecule has 0 atom stereocenters. The number of rotatable bonds is 9. The van der Waals surface area contributed by atoms with Crippen molar-refractivity contribution in [1.82, 2.24) is 14.1 Å². The average molecular weight is 509 g/mol. The van der Waals surface area contributed by atoms with Crippen LogP contribution in [0.5, 0.6) is 5.75 Å². The summed E-state index contributed by atoms with van der Waals surface area (Å²) in [4.78, 5) is 17.8. The second kappa shape index (κ2) is 11.1. The number of ether oxygens (including phenoxy) is 2. The number of para-hydroxylation sites is 2. The van der Waals surface area contributed by atoms with Crippen LogP contribution in [0.3, 0.4) is 0 Å². The third kappa shape index (κ3) is 5.33. The predicted molar refractivity (Wildman–Crippen MR) is 142 cm³/mol. The van der Waals surface area contributed by atoms with Crippen LogP contribution in [-0.4, -0.2) is 27.8 Å². The summed E-state index contributed by atoms with van der Waals surface area (Å²) in [6.45, 7) is 1.53. The van der Waals surface area contributed by atoms with Crippen molar-refractivity contribution in [2.75, 3.05) is 13.7 Å². The third-order valence-electron chi connectivity index (χ3n) is 6.30. The smallest absolute Gasteiger partial charge is 0.251 e. The Balaban J connectivity index is 1.35. The van der Waals surface area contributed by atoms with Crippen LogP contribution in [0, 0.1) is 17.1 Å². The van der Waals surface area contributed by atoms with Gasteiger partial charge in [0.1, 0.15) is 24.0 Å². The van der Waals surface area contributed by atoms with Gasteiger partial charge in [-0.2, -0.15) is 5.26 Å². The first-order valence-electron chi connectivity index (χ1n) is 12.1. The van der Waals surface area contributed by atoms with Gasteiger partial charge in [-0.1, -0.05) is 30.3 Å². The highest BCUT2D eigenvalue weighted by Gasteiger charge is 2.12. The van der Waals surface area contributed by atoms with Crippen LogP contribution in [0.25, 0.3) is 22.2 Å². The lowest BCUT2D eigenvalue weighted by atomic mass is 10.1. The number of nitrogens with zero attached hydrogens (tertiary/aromatic N) is 4. The molecular weight excluding hydrogens is 483 g/mol. The summed E-state index contributed by atoms with van der Waals surface area (Å²) in [6.07, 6.45) is 1.76. The van der Waals surface area contributed by atoms with E-state index in [0.29, 0.717) is 31.0 Å². The Morgan fingerprint density at radius 3 is 2.63 bits per heavy atom. The van der Waals surface area contributed by atoms with Crippen molar-refractivity contribution in [3.05, 3.63) is 118 Å². The number of halogens is 1. The van der Waals surface area contributed by atoms with E-state index in [-0.39, 0.29) is 17.7 Å². The second-order valence-electron chi connectivity index (χ2n) is 8.78. The molecular formula is C30H25FN4O3. The highest BCUT2D eigenvalue weighted by Crippen LogP contribution is 2.24. The highest BCUT2D eigenvalue weighted by atomic mass is 19.1. The van der Waals surface area contributed by atoms with Gasteiger partial charge in [0.25, 0.3) is 5.56 Å². The minimum atomic E-state index is -0.487. The van der Waals surface area contributed by atoms with Gasteiger partial charge < -0.3 is 18.6 Å². The van der Waals surface area contributed by atoms with Crippen LogP contribution in [0.15, 0.2) is 89.9 Å². The van der Waals surface area contributed by atoms with Gasteiger partial charge in [0.2, 0.25) is 0 Å². The Bertz CT molecular complexity index is 1700. The molecule has 0 fully saturated rings. The number of methoxy groups -OCH3 is 1. The molecule has 2 heterocycles. The molecule has 0 unspecified atom stereocenters. The highest BCUT2D eigenvalue weighted by molar-refractivity contribution is 5.76. The zero-order valence-corrected chi connectivity index (χ0v) is 20.8. The molecule has 0 N–H and O–H groups in total. The topological polar surface area (TPSA) is 82.1 Å². The maximum absolute atomic E-state index is 14.2. The van der Waals surface area contributed by atoms with E-state index in [1.807, 2.05) is 54.6 Å². The Morgan fingerprint density at radius 1 is 1.00 bits per heavy atom. The average Bonchev–Trinajstić information content (AvgIpc) is 3.29. The maximum Gasteiger partial charge on any atom is 0.251 e. The summed E-state index contributed by atoms with van der Waals surface area (Å²) in [7, 11) is 1.66. The summed E-state index contributed by atoms with van der Waals surface area (Å²) < 4.78 is 29.0. The SMILES string of the molecule is COCCn1c(Cn2ccc(-c3cccc(OCc4ccc(C#N)cc4F)c3)cc2=O)nc2ccccc21. The van der Waals surface area contributed by atoms with Crippen molar-refractivity contribution >= 4 is 11.0 Å². The van der Waals surface area contributed by atoms with E-state index in [2.05, 4.69) is 4.57 Å². The molecule has 190 valence electrons. The van der Waals surface area contributed by atoms with Crippen LogP contribution in [0.4, 0.5) is 4.39 Å². The summed E-state index contributed by atoms with van der Waals surface area (Å²) >= 11 is 0. The van der Waals surface area contributed by atoms with Crippen molar-refractivity contribution in [2.45, 2.75) is 19.7 Å². The van der Waals surface area contributed by atoms with E-state index in [4.69, 9.17) is 19.7 Å². The lowest BCUT2D eigenvalue weighted by Gasteiger charge is -2.12. The fraction of sp³-hybridized carbons (Fsp3) is 0.167. The number of hydrogen-bond acceptors (Lipinski definition) is 5. The minimum absolute atomic E-state index is 0.0205. The number of imidazole rings is 1. The van der Waals surface area contributed by atoms with Gasteiger partial charge in [-0.25, -0.2) is 9.37 Å². The van der Waals surface area contributed by atoms with E-state index in [9.17, 15) is 9.18 Å². The van der Waals surface area contributed by atoms with Crippen molar-refractivity contribution in [3.8, 4) is 22.9 Å². The fourth-order valence-electron chi connectivity index (χ4n) is 4.31. The first kappa shape index (κ1) is 24.9. The zero-order chi connectivity index (χ0) is 26.5. The Morgan fingerprint density at radius 2 is 1.84 bits per heavy atom. The molecule has 0 radical (unpaired) electrons. The Hall–Kier alpha value is -4.74. The first-order valence-corrected chi connectivity index (χ1v) is 12.1. The normalized spacial score (nSPS) is 11.0. The van der Waals surface area contributed by atoms with Crippen molar-refractivity contribution in [1.29, 1.82) is 5.26 Å². The monoisotopic (exact) mass is 508 g/mol. The van der Waals surface area contributed by atoms with Gasteiger partial charge >= 0.3 is 0 Å². The molecule has 0 aliphatic rings. The molecule has 0 saturated carbocycles. The van der Waals surface area contributed by atoms with Gasteiger partial charge in [-0.3, -0.25) is 4.79 Å². The molecule has 2 aromatic heterocycles. The number of aromatic nitrogens is 3. The summed E-state index contributed by atoms with van der Waals surface area (Å²) in [5, 5.41) is 8.90. The van der Waals surface area contributed by atoms with E-state index in [1.165, 1.54) is 6.07 Å². The summed E-state index contributed by atoms with van der Waals surface area (Å²) in [6, 6.07) is 24.8. The van der Waals surface area contributed by atoms with E-state index in [1.54, 1.807) is 42.1 Å². The van der Waals surface area contributed by atoms with Crippen LogP contribution >= 0.6 is 0 Å². The Labute approximate surface area is 218 Å². The maximum atomic E-state index is 14.2. The number of hydrogen-bond donors (Lipinski definition) is 0. The largest absolute Gasteiger partial charge is 0.489 e. The van der Waals surface area contributed by atoms with E-state index >= 15 is 0 Å². The molecule has 7 nitrogen and oxygen atoms in total. The number of fused-ring (bicyclic) bond motifs is 1. The lowest BCUT2D eigenvalue weighted by Crippen LogP contribution is -2.21. The van der Waals surface area contributed by atoms with Crippen molar-refractivity contribution in [3.63, 3.8) is 0 Å². The van der Waals surface area contributed by atoms with Gasteiger partial charge in [-0.15, -0.1) is 0 Å². The van der Waals surface area contributed by atoms with Crippen molar-refractivity contribution in [2.24, 2.45) is 0 Å². The predicted octanol–water partition coefficient (Wildman–Crippen LogP) is 5.15. The molecule has 0 amide bonds. The van der Waals surface area contributed by atoms with Crippen LogP contribution < -0.4 is 10.3 Å². The summed E-state index contributed by atoms with van der Waals surface area (Å²) in [5.41, 5.74) is 3.89. The van der Waals surface area contributed by atoms with Crippen LogP contribution in [-0.2, 0) is 24.4 Å². The molecule has 0 aliphatic heterocycles. The molecule has 5 rings (SSSR count). The summed E-state index contributed by atoms with van der Waals surface area (Å²) in [5.74, 6) is 0.838. The van der Waals surface area contributed by atoms with Crippen LogP contribution in [0.1, 0.15) is 17.0 Å². The zero-order valence-electron chi connectivity index (χ0n) is 20.8. The van der Waals surface area contributed by atoms with Gasteiger partial charge in [0, 0.05) is 31.5 Å². The van der Waals surface area contributed by atoms with Gasteiger partial charge in [0.05, 0.1) is 35.8 Å². The number of pyridine rings is 1. The molecule has 0 aliphatic carbocycles. The Kier molecular flexibility index (Phi) is 7.29. The van der Waals surface area contributed by atoms with Gasteiger partial charge in [0.15, 0.2) is 0 Å². The standard InChI is InChI=1S/C30H25FN4O3/c1-37-14-13-35-28-8-3-2-7-27(28)33-29(35)19-34-12-11-23(17-30(34)36)22-5-4-6-25(16-22)38-20-24-10-9-21(18-32)15-26(24)31/h2-12,15-17H,13-14,19-20H2,1H3. The van der Waals surface area contributed by atoms with E-state index < -0.39 is 5.82 Å². The molecule has 0 saturated heterocycles. The van der Waals surface area contributed by atoms with Crippen LogP contribution in [0.2, 0.25) is 0 Å². The second-order valence-corrected chi connectivity index (χ2v) is 8.78. The lowest BCUT2D eigenvalue weighted by molar-refractivity contribution is 0.187. The quantitative estimate of drug-likeness (QED) is 0.275.